The normalized spacial score (nSPS) is 12.7. The average Bonchev–Trinajstić information content (AvgIpc) is 2.04. The molecule has 0 aliphatic rings. The van der Waals surface area contributed by atoms with Gasteiger partial charge in [-0.3, -0.25) is 0 Å². The van der Waals surface area contributed by atoms with E-state index in [1.165, 1.54) is 22.6 Å². The number of aromatic nitrogens is 1. The Kier molecular flexibility index (Phi) is 3.55. The van der Waals surface area contributed by atoms with Crippen LogP contribution in [0.15, 0.2) is 12.3 Å². The molecule has 0 atom stereocenters. The Balaban J connectivity index is 3.10. The molecule has 0 aliphatic carbocycles. The van der Waals surface area contributed by atoms with E-state index in [4.69, 9.17) is 0 Å². The van der Waals surface area contributed by atoms with Gasteiger partial charge in [-0.05, 0) is 28.7 Å². The number of hydrogen-bond acceptors (Lipinski definition) is 2. The van der Waals surface area contributed by atoms with E-state index in [2.05, 4.69) is 9.72 Å². The first-order valence-corrected chi connectivity index (χ1v) is 4.66. The summed E-state index contributed by atoms with van der Waals surface area (Å²) < 4.78 is 75.0. The van der Waals surface area contributed by atoms with Gasteiger partial charge in [0.05, 0.1) is 5.56 Å². The summed E-state index contributed by atoms with van der Waals surface area (Å²) in [5.74, 6) is -0.970. The predicted octanol–water partition coefficient (Wildman–Crippen LogP) is 3.60. The summed E-state index contributed by atoms with van der Waals surface area (Å²) in [5.41, 5.74) is -1.30. The Labute approximate surface area is 98.7 Å². The van der Waals surface area contributed by atoms with Crippen LogP contribution in [-0.2, 0) is 6.18 Å². The quantitative estimate of drug-likeness (QED) is 0.435. The molecule has 0 unspecified atom stereocenters. The monoisotopic (exact) mass is 357 g/mol. The average molecular weight is 357 g/mol. The molecule has 0 amide bonds. The Hall–Kier alpha value is -0.740. The molecule has 0 fully saturated rings. The van der Waals surface area contributed by atoms with E-state index in [1.807, 2.05) is 0 Å². The zero-order valence-electron chi connectivity index (χ0n) is 7.16. The highest BCUT2D eigenvalue weighted by Gasteiger charge is 2.35. The van der Waals surface area contributed by atoms with Crippen LogP contribution in [0, 0.1) is 3.70 Å². The highest BCUT2D eigenvalue weighted by molar-refractivity contribution is 14.1. The van der Waals surface area contributed by atoms with Crippen LogP contribution < -0.4 is 4.74 Å². The lowest BCUT2D eigenvalue weighted by atomic mass is 10.3. The summed E-state index contributed by atoms with van der Waals surface area (Å²) in [6, 6.07) is 0.252. The van der Waals surface area contributed by atoms with Crippen molar-refractivity contribution in [2.45, 2.75) is 12.5 Å². The van der Waals surface area contributed by atoms with Gasteiger partial charge in [0, 0.05) is 6.20 Å². The van der Waals surface area contributed by atoms with Crippen LogP contribution >= 0.6 is 22.6 Å². The van der Waals surface area contributed by atoms with Gasteiger partial charge < -0.3 is 4.74 Å². The van der Waals surface area contributed by atoms with Gasteiger partial charge in [0.15, 0.2) is 5.75 Å². The SMILES string of the molecule is FC(F)(F)Oc1cc(C(F)(F)F)cnc1I. The van der Waals surface area contributed by atoms with E-state index in [0.717, 1.165) is 0 Å². The van der Waals surface area contributed by atoms with Gasteiger partial charge in [-0.25, -0.2) is 4.98 Å². The maximum absolute atomic E-state index is 12.2. The fraction of sp³-hybridized carbons (Fsp3) is 0.286. The Morgan fingerprint density at radius 3 is 2.12 bits per heavy atom. The van der Waals surface area contributed by atoms with Crippen molar-refractivity contribution in [1.82, 2.24) is 4.98 Å². The van der Waals surface area contributed by atoms with Gasteiger partial charge in [0.1, 0.15) is 3.70 Å². The molecule has 1 aromatic heterocycles. The van der Waals surface area contributed by atoms with E-state index in [-0.39, 0.29) is 9.77 Å². The zero-order valence-corrected chi connectivity index (χ0v) is 9.31. The summed E-state index contributed by atoms with van der Waals surface area (Å²) >= 11 is 1.34. The van der Waals surface area contributed by atoms with Gasteiger partial charge in [-0.15, -0.1) is 13.2 Å². The van der Waals surface area contributed by atoms with Gasteiger partial charge >= 0.3 is 12.5 Å². The molecule has 0 aromatic carbocycles. The van der Waals surface area contributed by atoms with Crippen molar-refractivity contribution in [1.29, 1.82) is 0 Å². The number of rotatable bonds is 1. The summed E-state index contributed by atoms with van der Waals surface area (Å²) in [6.45, 7) is 0. The van der Waals surface area contributed by atoms with Gasteiger partial charge in [-0.1, -0.05) is 0 Å². The van der Waals surface area contributed by atoms with E-state index in [9.17, 15) is 26.3 Å². The summed E-state index contributed by atoms with van der Waals surface area (Å²) in [4.78, 5) is 3.17. The molecule has 1 rings (SSSR count). The second-order valence-electron chi connectivity index (χ2n) is 2.56. The fourth-order valence-corrected chi connectivity index (χ4v) is 1.18. The lowest BCUT2D eigenvalue weighted by molar-refractivity contribution is -0.275. The summed E-state index contributed by atoms with van der Waals surface area (Å²) in [7, 11) is 0. The van der Waals surface area contributed by atoms with Crippen LogP contribution in [0.3, 0.4) is 0 Å². The molecular weight excluding hydrogens is 355 g/mol. The minimum atomic E-state index is -5.05. The number of ether oxygens (including phenoxy) is 1. The Bertz CT molecular complexity index is 387. The number of halogens is 7. The Morgan fingerprint density at radius 1 is 1.12 bits per heavy atom. The Morgan fingerprint density at radius 2 is 1.69 bits per heavy atom. The van der Waals surface area contributed by atoms with Crippen molar-refractivity contribution in [2.75, 3.05) is 0 Å². The van der Waals surface area contributed by atoms with Crippen LogP contribution in [0.5, 0.6) is 5.75 Å². The van der Waals surface area contributed by atoms with Crippen LogP contribution in [0.2, 0.25) is 0 Å². The van der Waals surface area contributed by atoms with Crippen LogP contribution in [0.4, 0.5) is 26.3 Å². The third-order valence-corrected chi connectivity index (χ3v) is 2.17. The molecule has 0 saturated heterocycles. The van der Waals surface area contributed by atoms with E-state index in [1.54, 1.807) is 0 Å². The highest BCUT2D eigenvalue weighted by atomic mass is 127. The first-order valence-electron chi connectivity index (χ1n) is 3.58. The molecule has 0 N–H and O–H groups in total. The molecule has 0 radical (unpaired) electrons. The summed E-state index contributed by atoms with van der Waals surface area (Å²) in [5, 5.41) is 0. The fourth-order valence-electron chi connectivity index (χ4n) is 0.779. The molecule has 0 bridgehead atoms. The van der Waals surface area contributed by atoms with E-state index >= 15 is 0 Å². The number of pyridine rings is 1. The third kappa shape index (κ3) is 3.68. The van der Waals surface area contributed by atoms with Crippen LogP contribution in [0.1, 0.15) is 5.56 Å². The van der Waals surface area contributed by atoms with Crippen molar-refractivity contribution < 1.29 is 31.1 Å². The van der Waals surface area contributed by atoms with E-state index < -0.39 is 23.9 Å². The number of alkyl halides is 6. The largest absolute Gasteiger partial charge is 0.573 e. The lowest BCUT2D eigenvalue weighted by Gasteiger charge is -2.12. The highest BCUT2D eigenvalue weighted by Crippen LogP contribution is 2.34. The maximum atomic E-state index is 12.2. The van der Waals surface area contributed by atoms with Crippen molar-refractivity contribution in [2.24, 2.45) is 0 Å². The predicted molar refractivity (Wildman–Crippen MR) is 48.6 cm³/mol. The smallest absolute Gasteiger partial charge is 0.403 e. The minimum absolute atomic E-state index is 0.252. The molecule has 16 heavy (non-hydrogen) atoms. The standard InChI is InChI=1S/C7H2F6INO/c8-6(9,10)3-1-4(5(14)15-2-3)16-7(11,12)13/h1-2H. The van der Waals surface area contributed by atoms with Crippen molar-refractivity contribution in [3.63, 3.8) is 0 Å². The molecule has 0 spiro atoms. The summed E-state index contributed by atoms with van der Waals surface area (Å²) in [6.07, 6.45) is -9.38. The molecule has 0 saturated carbocycles. The number of nitrogens with zero attached hydrogens (tertiary/aromatic N) is 1. The molecule has 2 nitrogen and oxygen atoms in total. The van der Waals surface area contributed by atoms with Crippen molar-refractivity contribution in [3.05, 3.63) is 21.5 Å². The zero-order chi connectivity index (χ0) is 12.6. The van der Waals surface area contributed by atoms with Crippen molar-refractivity contribution in [3.8, 4) is 5.75 Å². The van der Waals surface area contributed by atoms with Crippen LogP contribution in [0.25, 0.3) is 0 Å². The van der Waals surface area contributed by atoms with Gasteiger partial charge in [0.2, 0.25) is 0 Å². The second-order valence-corrected chi connectivity index (χ2v) is 3.58. The lowest BCUT2D eigenvalue weighted by Crippen LogP contribution is -2.19. The molecule has 1 heterocycles. The molecule has 90 valence electrons. The molecule has 9 heteroatoms. The van der Waals surface area contributed by atoms with E-state index in [0.29, 0.717) is 6.20 Å². The van der Waals surface area contributed by atoms with Gasteiger partial charge in [-0.2, -0.15) is 13.2 Å². The molecule has 0 aliphatic heterocycles. The van der Waals surface area contributed by atoms with Crippen molar-refractivity contribution >= 4 is 22.6 Å². The third-order valence-electron chi connectivity index (χ3n) is 1.36. The van der Waals surface area contributed by atoms with Gasteiger partial charge in [0.25, 0.3) is 0 Å². The topological polar surface area (TPSA) is 22.1 Å². The van der Waals surface area contributed by atoms with Crippen LogP contribution in [-0.4, -0.2) is 11.3 Å². The minimum Gasteiger partial charge on any atom is -0.403 e. The molecule has 1 aromatic rings. The maximum Gasteiger partial charge on any atom is 0.573 e. The molecular formula is C7H2F6INO. The number of hydrogen-bond donors (Lipinski definition) is 0. The first-order chi connectivity index (χ1) is 7.09. The first kappa shape index (κ1) is 13.3. The second kappa shape index (κ2) is 4.26.